The Morgan fingerprint density at radius 1 is 1.12 bits per heavy atom. The lowest BCUT2D eigenvalue weighted by Gasteiger charge is -2.10. The number of fused-ring (bicyclic) bond motifs is 2. The Balaban J connectivity index is 1.55. The molecule has 0 fully saturated rings. The van der Waals surface area contributed by atoms with Crippen LogP contribution < -0.4 is 4.74 Å². The van der Waals surface area contributed by atoms with Crippen molar-refractivity contribution in [1.82, 2.24) is 20.6 Å². The van der Waals surface area contributed by atoms with E-state index in [0.29, 0.717) is 34.9 Å². The summed E-state index contributed by atoms with van der Waals surface area (Å²) in [6, 6.07) is 17.6. The van der Waals surface area contributed by atoms with Gasteiger partial charge in [-0.15, -0.1) is 10.2 Å². The lowest BCUT2D eigenvalue weighted by atomic mass is 9.95. The van der Waals surface area contributed by atoms with Gasteiger partial charge in [0.1, 0.15) is 17.1 Å². The van der Waals surface area contributed by atoms with Gasteiger partial charge in [-0.3, -0.25) is 4.79 Å². The molecule has 0 radical (unpaired) electrons. The standard InChI is InChI=1S/C25H21BrN4O3/c1-14(2)11-19(31)23-18-5-3-4-6-20(18)33-25(23)16-7-9-17-15(12-16)8-10-21(24(17)26)32-13-22-27-29-30-28-22/h3-10,12,14H,11,13H2,1-2H3,(H,27,28,29,30). The number of para-hydroxylation sites is 1. The van der Waals surface area contributed by atoms with Crippen molar-refractivity contribution in [3.63, 3.8) is 0 Å². The van der Waals surface area contributed by atoms with Crippen molar-refractivity contribution in [2.75, 3.05) is 0 Å². The molecule has 2 heterocycles. The molecule has 0 saturated heterocycles. The minimum Gasteiger partial charge on any atom is -0.484 e. The maximum Gasteiger partial charge on any atom is 0.211 e. The third-order valence-corrected chi connectivity index (χ3v) is 6.21. The van der Waals surface area contributed by atoms with E-state index in [2.05, 4.69) is 36.6 Å². The van der Waals surface area contributed by atoms with Crippen LogP contribution in [0.1, 0.15) is 36.5 Å². The van der Waals surface area contributed by atoms with E-state index >= 15 is 0 Å². The summed E-state index contributed by atoms with van der Waals surface area (Å²) in [5.41, 5.74) is 2.22. The topological polar surface area (TPSA) is 93.9 Å². The summed E-state index contributed by atoms with van der Waals surface area (Å²) in [5.74, 6) is 2.11. The fourth-order valence-corrected chi connectivity index (χ4v) is 4.52. The number of aromatic amines is 1. The number of rotatable bonds is 7. The summed E-state index contributed by atoms with van der Waals surface area (Å²) in [5, 5.41) is 16.6. The molecule has 0 spiro atoms. The van der Waals surface area contributed by atoms with Crippen LogP contribution in [0.5, 0.6) is 5.75 Å². The summed E-state index contributed by atoms with van der Waals surface area (Å²) < 4.78 is 12.9. The highest BCUT2D eigenvalue weighted by molar-refractivity contribution is 9.10. The smallest absolute Gasteiger partial charge is 0.211 e. The predicted octanol–water partition coefficient (Wildman–Crippen LogP) is 6.34. The number of H-pyrrole nitrogens is 1. The molecular weight excluding hydrogens is 484 g/mol. The van der Waals surface area contributed by atoms with Gasteiger partial charge in [-0.05, 0) is 50.8 Å². The predicted molar refractivity (Wildman–Crippen MR) is 129 cm³/mol. The van der Waals surface area contributed by atoms with Crippen molar-refractivity contribution in [2.24, 2.45) is 5.92 Å². The molecule has 166 valence electrons. The first kappa shape index (κ1) is 21.3. The minimum atomic E-state index is 0.0939. The number of furan rings is 1. The summed E-state index contributed by atoms with van der Waals surface area (Å²) >= 11 is 3.65. The number of ether oxygens (including phenoxy) is 1. The number of nitrogens with zero attached hydrogens (tertiary/aromatic N) is 3. The minimum absolute atomic E-state index is 0.0939. The van der Waals surface area contributed by atoms with Crippen LogP contribution in [-0.4, -0.2) is 26.4 Å². The fourth-order valence-electron chi connectivity index (χ4n) is 3.91. The first-order chi connectivity index (χ1) is 16.0. The van der Waals surface area contributed by atoms with E-state index in [-0.39, 0.29) is 18.3 Å². The number of hydrogen-bond acceptors (Lipinski definition) is 6. The lowest BCUT2D eigenvalue weighted by Crippen LogP contribution is -2.04. The molecule has 0 atom stereocenters. The van der Waals surface area contributed by atoms with Crippen LogP contribution in [0.25, 0.3) is 33.1 Å². The number of aromatic nitrogens is 4. The molecule has 7 nitrogen and oxygen atoms in total. The largest absolute Gasteiger partial charge is 0.484 e. The van der Waals surface area contributed by atoms with E-state index < -0.39 is 0 Å². The summed E-state index contributed by atoms with van der Waals surface area (Å²) in [6.07, 6.45) is 0.469. The first-order valence-corrected chi connectivity index (χ1v) is 11.4. The normalized spacial score (nSPS) is 11.5. The SMILES string of the molecule is CC(C)CC(=O)c1c(-c2ccc3c(Br)c(OCc4nn[nH]n4)ccc3c2)oc2ccccc12. The average Bonchev–Trinajstić information content (AvgIpc) is 3.46. The van der Waals surface area contributed by atoms with Crippen LogP contribution >= 0.6 is 15.9 Å². The van der Waals surface area contributed by atoms with Gasteiger partial charge in [0.05, 0.1) is 10.0 Å². The zero-order chi connectivity index (χ0) is 22.9. The Bertz CT molecular complexity index is 1460. The number of hydrogen-bond donors (Lipinski definition) is 1. The van der Waals surface area contributed by atoms with Crippen LogP contribution in [0.3, 0.4) is 0 Å². The van der Waals surface area contributed by atoms with Gasteiger partial charge in [0.25, 0.3) is 0 Å². The number of Topliss-reactive ketones (excluding diaryl/α,β-unsaturated/α-hetero) is 1. The van der Waals surface area contributed by atoms with Gasteiger partial charge in [-0.25, -0.2) is 0 Å². The van der Waals surface area contributed by atoms with Crippen molar-refractivity contribution in [3.8, 4) is 17.1 Å². The van der Waals surface area contributed by atoms with E-state index in [4.69, 9.17) is 9.15 Å². The Morgan fingerprint density at radius 2 is 1.97 bits per heavy atom. The van der Waals surface area contributed by atoms with Crippen molar-refractivity contribution in [1.29, 1.82) is 0 Å². The number of halogens is 1. The highest BCUT2D eigenvalue weighted by Gasteiger charge is 2.23. The first-order valence-electron chi connectivity index (χ1n) is 10.6. The average molecular weight is 505 g/mol. The summed E-state index contributed by atoms with van der Waals surface area (Å²) in [4.78, 5) is 13.2. The van der Waals surface area contributed by atoms with E-state index in [1.54, 1.807) is 0 Å². The van der Waals surface area contributed by atoms with E-state index in [1.807, 2.05) is 68.4 Å². The molecule has 0 aliphatic rings. The van der Waals surface area contributed by atoms with Crippen LogP contribution in [0.4, 0.5) is 0 Å². The molecule has 8 heteroatoms. The van der Waals surface area contributed by atoms with Crippen molar-refractivity contribution < 1.29 is 13.9 Å². The second kappa shape index (κ2) is 8.78. The molecule has 0 amide bonds. The van der Waals surface area contributed by atoms with Gasteiger partial charge in [0, 0.05) is 17.4 Å². The third kappa shape index (κ3) is 4.14. The number of carbonyl (C=O) groups excluding carboxylic acids is 1. The Kier molecular flexibility index (Phi) is 5.68. The molecule has 3 aromatic carbocycles. The number of carbonyl (C=O) groups is 1. The van der Waals surface area contributed by atoms with Crippen LogP contribution in [0.15, 0.2) is 63.5 Å². The van der Waals surface area contributed by atoms with Crippen LogP contribution in [0.2, 0.25) is 0 Å². The number of tetrazole rings is 1. The molecule has 0 bridgehead atoms. The van der Waals surface area contributed by atoms with Crippen LogP contribution in [0, 0.1) is 5.92 Å². The summed E-state index contributed by atoms with van der Waals surface area (Å²) in [6.45, 7) is 4.30. The van der Waals surface area contributed by atoms with Crippen LogP contribution in [-0.2, 0) is 6.61 Å². The Morgan fingerprint density at radius 3 is 2.76 bits per heavy atom. The molecule has 1 N–H and O–H groups in total. The van der Waals surface area contributed by atoms with Gasteiger partial charge < -0.3 is 9.15 Å². The van der Waals surface area contributed by atoms with E-state index in [1.165, 1.54) is 0 Å². The number of benzene rings is 3. The molecular formula is C25H21BrN4O3. The number of nitrogens with one attached hydrogen (secondary N) is 1. The molecule has 0 aliphatic heterocycles. The number of ketones is 1. The molecule has 33 heavy (non-hydrogen) atoms. The van der Waals surface area contributed by atoms with Gasteiger partial charge in [-0.2, -0.15) is 5.21 Å². The van der Waals surface area contributed by atoms with Gasteiger partial charge in [-0.1, -0.05) is 55.5 Å². The fraction of sp³-hybridized carbons (Fsp3) is 0.200. The zero-order valence-electron chi connectivity index (χ0n) is 18.1. The summed E-state index contributed by atoms with van der Waals surface area (Å²) in [7, 11) is 0. The Labute approximate surface area is 198 Å². The van der Waals surface area contributed by atoms with Gasteiger partial charge in [0.2, 0.25) is 5.82 Å². The Hall–Kier alpha value is -3.52. The molecule has 2 aromatic heterocycles. The third-order valence-electron chi connectivity index (χ3n) is 5.39. The highest BCUT2D eigenvalue weighted by atomic mass is 79.9. The lowest BCUT2D eigenvalue weighted by molar-refractivity contribution is 0.0969. The quantitative estimate of drug-likeness (QED) is 0.260. The highest BCUT2D eigenvalue weighted by Crippen LogP contribution is 2.39. The van der Waals surface area contributed by atoms with Gasteiger partial charge >= 0.3 is 0 Å². The monoisotopic (exact) mass is 504 g/mol. The van der Waals surface area contributed by atoms with Crippen molar-refractivity contribution in [3.05, 3.63) is 70.5 Å². The molecule has 0 unspecified atom stereocenters. The van der Waals surface area contributed by atoms with Crippen molar-refractivity contribution >= 4 is 43.5 Å². The maximum atomic E-state index is 13.2. The maximum absolute atomic E-state index is 13.2. The molecule has 5 rings (SSSR count). The second-order valence-corrected chi connectivity index (χ2v) is 9.05. The van der Waals surface area contributed by atoms with E-state index in [0.717, 1.165) is 26.2 Å². The zero-order valence-corrected chi connectivity index (χ0v) is 19.7. The van der Waals surface area contributed by atoms with Crippen molar-refractivity contribution in [2.45, 2.75) is 26.9 Å². The molecule has 5 aromatic rings. The van der Waals surface area contributed by atoms with E-state index in [9.17, 15) is 4.79 Å². The molecule has 0 saturated carbocycles. The molecule has 0 aliphatic carbocycles. The second-order valence-electron chi connectivity index (χ2n) is 8.25. The van der Waals surface area contributed by atoms with Gasteiger partial charge in [0.15, 0.2) is 12.4 Å².